The highest BCUT2D eigenvalue weighted by molar-refractivity contribution is 7.80. The van der Waals surface area contributed by atoms with Crippen LogP contribution in [-0.2, 0) is 0 Å². The van der Waals surface area contributed by atoms with Crippen LogP contribution in [0.4, 0.5) is 5.13 Å². The first-order chi connectivity index (χ1) is 16.5. The van der Waals surface area contributed by atoms with E-state index < -0.39 is 5.91 Å². The molecule has 0 fully saturated rings. The van der Waals surface area contributed by atoms with E-state index in [1.807, 2.05) is 23.6 Å². The molecule has 2 aromatic heterocycles. The fourth-order valence-corrected chi connectivity index (χ4v) is 4.88. The molecule has 1 amide bonds. The van der Waals surface area contributed by atoms with Crippen LogP contribution in [0.5, 0.6) is 0 Å². The minimum atomic E-state index is -0.486. The number of nitrogens with one attached hydrogen (secondary N) is 2. The average molecular weight is 524 g/mol. The van der Waals surface area contributed by atoms with E-state index in [1.165, 1.54) is 16.7 Å². The minimum absolute atomic E-state index is 0.0983. The Bertz CT molecular complexity index is 1540. The van der Waals surface area contributed by atoms with Gasteiger partial charge in [0.2, 0.25) is 0 Å². The van der Waals surface area contributed by atoms with Crippen LogP contribution in [0.1, 0.15) is 10.6 Å². The summed E-state index contributed by atoms with van der Waals surface area (Å²) in [7, 11) is 0. The SMILES string of the molecule is O=C(NC(=S)Nc1nc(-c2ccc3ccccc3c2)cs1)c1ccc(-c2ccc(Cl)cc2Cl)o1. The van der Waals surface area contributed by atoms with Crippen LogP contribution in [0.25, 0.3) is 33.4 Å². The number of benzene rings is 3. The number of fused-ring (bicyclic) bond motifs is 1. The molecule has 0 unspecified atom stereocenters. The molecule has 5 nitrogen and oxygen atoms in total. The molecule has 0 spiro atoms. The third kappa shape index (κ3) is 4.83. The predicted octanol–water partition coefficient (Wildman–Crippen LogP) is 7.66. The second-order valence-electron chi connectivity index (χ2n) is 7.30. The van der Waals surface area contributed by atoms with Crippen molar-refractivity contribution in [3.8, 4) is 22.6 Å². The zero-order valence-corrected chi connectivity index (χ0v) is 20.5. The number of rotatable bonds is 4. The molecular weight excluding hydrogens is 509 g/mol. The van der Waals surface area contributed by atoms with Crippen molar-refractivity contribution < 1.29 is 9.21 Å². The maximum Gasteiger partial charge on any atom is 0.293 e. The number of hydrogen-bond acceptors (Lipinski definition) is 5. The summed E-state index contributed by atoms with van der Waals surface area (Å²) in [5.74, 6) is 0.0620. The van der Waals surface area contributed by atoms with Crippen LogP contribution in [-0.4, -0.2) is 16.0 Å². The molecule has 0 saturated carbocycles. The summed E-state index contributed by atoms with van der Waals surface area (Å²) in [4.78, 5) is 17.2. The number of hydrogen-bond donors (Lipinski definition) is 2. The van der Waals surface area contributed by atoms with Gasteiger partial charge in [-0.15, -0.1) is 11.3 Å². The molecule has 0 saturated heterocycles. The Kier molecular flexibility index (Phi) is 6.34. The summed E-state index contributed by atoms with van der Waals surface area (Å²) >= 11 is 18.8. The lowest BCUT2D eigenvalue weighted by atomic mass is 10.1. The van der Waals surface area contributed by atoms with Gasteiger partial charge in [-0.3, -0.25) is 10.1 Å². The summed E-state index contributed by atoms with van der Waals surface area (Å²) in [6.07, 6.45) is 0. The third-order valence-electron chi connectivity index (χ3n) is 5.02. The van der Waals surface area contributed by atoms with Gasteiger partial charge in [-0.05, 0) is 59.4 Å². The second-order valence-corrected chi connectivity index (χ2v) is 9.41. The molecule has 34 heavy (non-hydrogen) atoms. The zero-order valence-electron chi connectivity index (χ0n) is 17.3. The van der Waals surface area contributed by atoms with Crippen molar-refractivity contribution in [2.75, 3.05) is 5.32 Å². The van der Waals surface area contributed by atoms with E-state index in [0.717, 1.165) is 16.6 Å². The monoisotopic (exact) mass is 523 g/mol. The normalized spacial score (nSPS) is 10.9. The molecule has 0 radical (unpaired) electrons. The van der Waals surface area contributed by atoms with Crippen LogP contribution >= 0.6 is 46.8 Å². The Morgan fingerprint density at radius 2 is 1.79 bits per heavy atom. The van der Waals surface area contributed by atoms with E-state index in [9.17, 15) is 4.79 Å². The number of furan rings is 1. The Hall–Kier alpha value is -3.23. The third-order valence-corrected chi connectivity index (χ3v) is 6.53. The molecule has 5 rings (SSSR count). The standard InChI is InChI=1S/C25H15Cl2N3O2S2/c26-17-7-8-18(19(27)12-17)21-9-10-22(32-21)23(31)29-24(33)30-25-28-20(13-34-25)16-6-5-14-3-1-2-4-15(14)11-16/h1-13H,(H2,28,29,30,31,33). The van der Waals surface area contributed by atoms with Gasteiger partial charge in [-0.25, -0.2) is 4.98 Å². The molecule has 0 aliphatic rings. The number of anilines is 1. The van der Waals surface area contributed by atoms with Crippen molar-refractivity contribution in [2.24, 2.45) is 0 Å². The minimum Gasteiger partial charge on any atom is -0.451 e. The molecule has 0 aliphatic carbocycles. The van der Waals surface area contributed by atoms with Crippen molar-refractivity contribution in [3.63, 3.8) is 0 Å². The molecule has 168 valence electrons. The van der Waals surface area contributed by atoms with Crippen molar-refractivity contribution in [3.05, 3.63) is 94.0 Å². The van der Waals surface area contributed by atoms with Gasteiger partial charge in [0.1, 0.15) is 5.76 Å². The van der Waals surface area contributed by atoms with Gasteiger partial charge < -0.3 is 9.73 Å². The Morgan fingerprint density at radius 3 is 2.62 bits per heavy atom. The maximum absolute atomic E-state index is 12.6. The lowest BCUT2D eigenvalue weighted by Crippen LogP contribution is -2.33. The largest absolute Gasteiger partial charge is 0.451 e. The van der Waals surface area contributed by atoms with E-state index in [1.54, 1.807) is 30.3 Å². The molecule has 9 heteroatoms. The average Bonchev–Trinajstić information content (AvgIpc) is 3.49. The zero-order chi connectivity index (χ0) is 23.7. The molecule has 3 aromatic carbocycles. The number of amides is 1. The molecular formula is C25H15Cl2N3O2S2. The van der Waals surface area contributed by atoms with E-state index >= 15 is 0 Å². The van der Waals surface area contributed by atoms with E-state index in [4.69, 9.17) is 39.8 Å². The van der Waals surface area contributed by atoms with Crippen LogP contribution in [0, 0.1) is 0 Å². The number of carbonyl (C=O) groups is 1. The molecule has 0 bridgehead atoms. The number of thiocarbonyl (C=S) groups is 1. The highest BCUT2D eigenvalue weighted by atomic mass is 35.5. The smallest absolute Gasteiger partial charge is 0.293 e. The van der Waals surface area contributed by atoms with Crippen molar-refractivity contribution in [1.82, 2.24) is 10.3 Å². The topological polar surface area (TPSA) is 67.2 Å². The first kappa shape index (κ1) is 22.6. The van der Waals surface area contributed by atoms with E-state index in [0.29, 0.717) is 26.5 Å². The van der Waals surface area contributed by atoms with Crippen LogP contribution in [0.2, 0.25) is 10.0 Å². The van der Waals surface area contributed by atoms with Gasteiger partial charge >= 0.3 is 0 Å². The Labute approximate surface area is 214 Å². The lowest BCUT2D eigenvalue weighted by molar-refractivity contribution is 0.0951. The summed E-state index contributed by atoms with van der Waals surface area (Å²) in [5.41, 5.74) is 2.46. The fraction of sp³-hybridized carbons (Fsp3) is 0. The Balaban J connectivity index is 1.24. The first-order valence-corrected chi connectivity index (χ1v) is 12.1. The number of thiazole rings is 1. The van der Waals surface area contributed by atoms with Gasteiger partial charge in [0.05, 0.1) is 10.7 Å². The molecule has 0 aliphatic heterocycles. The van der Waals surface area contributed by atoms with Gasteiger partial charge in [0, 0.05) is 21.5 Å². The van der Waals surface area contributed by atoms with Crippen LogP contribution < -0.4 is 10.6 Å². The van der Waals surface area contributed by atoms with Gasteiger partial charge in [0.25, 0.3) is 5.91 Å². The quantitative estimate of drug-likeness (QED) is 0.236. The predicted molar refractivity (Wildman–Crippen MR) is 143 cm³/mol. The van der Waals surface area contributed by atoms with Gasteiger partial charge in [-0.1, -0.05) is 59.6 Å². The maximum atomic E-state index is 12.6. The summed E-state index contributed by atoms with van der Waals surface area (Å²) in [6, 6.07) is 22.6. The van der Waals surface area contributed by atoms with E-state index in [2.05, 4.69) is 39.9 Å². The highest BCUT2D eigenvalue weighted by Crippen LogP contribution is 2.32. The molecule has 5 aromatic rings. The molecule has 2 heterocycles. The van der Waals surface area contributed by atoms with Gasteiger partial charge in [0.15, 0.2) is 16.0 Å². The fourth-order valence-electron chi connectivity index (χ4n) is 3.40. The van der Waals surface area contributed by atoms with Crippen LogP contribution in [0.3, 0.4) is 0 Å². The molecule has 2 N–H and O–H groups in total. The summed E-state index contributed by atoms with van der Waals surface area (Å²) in [6.45, 7) is 0. The van der Waals surface area contributed by atoms with E-state index in [-0.39, 0.29) is 10.9 Å². The molecule has 0 atom stereocenters. The van der Waals surface area contributed by atoms with Crippen molar-refractivity contribution >= 4 is 73.7 Å². The summed E-state index contributed by atoms with van der Waals surface area (Å²) in [5, 5.41) is 11.4. The number of nitrogens with zero attached hydrogens (tertiary/aromatic N) is 1. The second kappa shape index (κ2) is 9.56. The van der Waals surface area contributed by atoms with Crippen molar-refractivity contribution in [2.45, 2.75) is 0 Å². The van der Waals surface area contributed by atoms with Crippen molar-refractivity contribution in [1.29, 1.82) is 0 Å². The van der Waals surface area contributed by atoms with Crippen LogP contribution in [0.15, 0.2) is 82.6 Å². The summed E-state index contributed by atoms with van der Waals surface area (Å²) < 4.78 is 5.66. The van der Waals surface area contributed by atoms with Gasteiger partial charge in [-0.2, -0.15) is 0 Å². The lowest BCUT2D eigenvalue weighted by Gasteiger charge is -2.06. The Morgan fingerprint density at radius 1 is 0.971 bits per heavy atom. The first-order valence-electron chi connectivity index (χ1n) is 10.1. The highest BCUT2D eigenvalue weighted by Gasteiger charge is 2.16. The number of carbonyl (C=O) groups excluding carboxylic acids is 1. The number of aromatic nitrogens is 1. The number of halogens is 2.